The van der Waals surface area contributed by atoms with E-state index in [1.54, 1.807) is 11.8 Å². The number of nitrogens with zero attached hydrogens (tertiary/aromatic N) is 2. The smallest absolute Gasteiger partial charge is 0.233 e. The zero-order chi connectivity index (χ0) is 16.9. The molecule has 1 heterocycles. The van der Waals surface area contributed by atoms with Gasteiger partial charge in [-0.05, 0) is 37.1 Å². The van der Waals surface area contributed by atoms with Gasteiger partial charge in [-0.2, -0.15) is 0 Å². The molecule has 2 aromatic carbocycles. The van der Waals surface area contributed by atoms with E-state index in [1.807, 2.05) is 17.0 Å². The molecule has 0 unspecified atom stereocenters. The molecule has 4 heteroatoms. The van der Waals surface area contributed by atoms with Crippen molar-refractivity contribution in [2.75, 3.05) is 36.8 Å². The van der Waals surface area contributed by atoms with Crippen LogP contribution in [-0.4, -0.2) is 42.7 Å². The molecule has 3 nitrogen and oxygen atoms in total. The molecule has 0 spiro atoms. The van der Waals surface area contributed by atoms with Crippen molar-refractivity contribution < 1.29 is 4.79 Å². The minimum atomic E-state index is 0.243. The van der Waals surface area contributed by atoms with E-state index in [4.69, 9.17) is 0 Å². The molecule has 0 atom stereocenters. The number of amides is 1. The molecule has 0 N–H and O–H groups in total. The molecule has 0 saturated carbocycles. The Morgan fingerprint density at radius 2 is 1.54 bits per heavy atom. The summed E-state index contributed by atoms with van der Waals surface area (Å²) in [5.41, 5.74) is 3.82. The molecule has 3 rings (SSSR count). The van der Waals surface area contributed by atoms with Gasteiger partial charge in [0.2, 0.25) is 5.91 Å². The predicted octanol–water partition coefficient (Wildman–Crippen LogP) is 3.74. The summed E-state index contributed by atoms with van der Waals surface area (Å²) in [6.07, 6.45) is 0. The van der Waals surface area contributed by atoms with Gasteiger partial charge < -0.3 is 9.80 Å². The molecule has 0 bridgehead atoms. The summed E-state index contributed by atoms with van der Waals surface area (Å²) in [6.45, 7) is 7.67. The Hall–Kier alpha value is -1.94. The van der Waals surface area contributed by atoms with Crippen molar-refractivity contribution in [3.63, 3.8) is 0 Å². The van der Waals surface area contributed by atoms with Gasteiger partial charge in [-0.15, -0.1) is 11.8 Å². The quantitative estimate of drug-likeness (QED) is 0.792. The van der Waals surface area contributed by atoms with Crippen molar-refractivity contribution in [3.8, 4) is 0 Å². The topological polar surface area (TPSA) is 23.6 Å². The predicted molar refractivity (Wildman–Crippen MR) is 102 cm³/mol. The number of hydrogen-bond donors (Lipinski definition) is 0. The lowest BCUT2D eigenvalue weighted by Crippen LogP contribution is -2.49. The van der Waals surface area contributed by atoms with E-state index in [-0.39, 0.29) is 5.91 Å². The fourth-order valence-electron chi connectivity index (χ4n) is 3.06. The van der Waals surface area contributed by atoms with Crippen molar-refractivity contribution >= 4 is 23.4 Å². The third kappa shape index (κ3) is 3.93. The summed E-state index contributed by atoms with van der Waals surface area (Å²) in [4.78, 5) is 18.1. The maximum atomic E-state index is 12.5. The standard InChI is InChI=1S/C20H24N2OS/c1-16-7-3-5-9-18(16)21-11-13-22(14-12-21)20(23)15-24-19-10-6-4-8-17(19)2/h3-10H,11-15H2,1-2H3. The zero-order valence-corrected chi connectivity index (χ0v) is 15.2. The zero-order valence-electron chi connectivity index (χ0n) is 14.4. The first-order valence-corrected chi connectivity index (χ1v) is 9.40. The number of piperazine rings is 1. The number of aryl methyl sites for hydroxylation is 2. The summed E-state index contributed by atoms with van der Waals surface area (Å²) in [6, 6.07) is 16.7. The van der Waals surface area contributed by atoms with E-state index < -0.39 is 0 Å². The lowest BCUT2D eigenvalue weighted by atomic mass is 10.1. The molecule has 0 radical (unpaired) electrons. The number of carbonyl (C=O) groups excluding carboxylic acids is 1. The highest BCUT2D eigenvalue weighted by molar-refractivity contribution is 8.00. The number of para-hydroxylation sites is 1. The Morgan fingerprint density at radius 1 is 0.917 bits per heavy atom. The van der Waals surface area contributed by atoms with Crippen LogP contribution < -0.4 is 4.90 Å². The van der Waals surface area contributed by atoms with E-state index >= 15 is 0 Å². The van der Waals surface area contributed by atoms with E-state index in [9.17, 15) is 4.79 Å². The highest BCUT2D eigenvalue weighted by atomic mass is 32.2. The molecular formula is C20H24N2OS. The molecule has 0 aromatic heterocycles. The minimum absolute atomic E-state index is 0.243. The first kappa shape index (κ1) is 16.9. The molecule has 0 aliphatic carbocycles. The van der Waals surface area contributed by atoms with Crippen molar-refractivity contribution in [3.05, 3.63) is 59.7 Å². The molecule has 126 valence electrons. The minimum Gasteiger partial charge on any atom is -0.368 e. The average molecular weight is 340 g/mol. The normalized spacial score (nSPS) is 14.8. The van der Waals surface area contributed by atoms with Crippen LogP contribution >= 0.6 is 11.8 Å². The molecule has 1 saturated heterocycles. The highest BCUT2D eigenvalue weighted by Crippen LogP contribution is 2.23. The van der Waals surface area contributed by atoms with Crippen molar-refractivity contribution in [1.29, 1.82) is 0 Å². The maximum absolute atomic E-state index is 12.5. The first-order valence-electron chi connectivity index (χ1n) is 8.42. The summed E-state index contributed by atoms with van der Waals surface area (Å²) < 4.78 is 0. The maximum Gasteiger partial charge on any atom is 0.233 e. The number of thioether (sulfide) groups is 1. The number of anilines is 1. The van der Waals surface area contributed by atoms with Gasteiger partial charge in [0.05, 0.1) is 5.75 Å². The van der Waals surface area contributed by atoms with Crippen LogP contribution in [0.1, 0.15) is 11.1 Å². The van der Waals surface area contributed by atoms with Gasteiger partial charge in [-0.3, -0.25) is 4.79 Å². The monoisotopic (exact) mass is 340 g/mol. The van der Waals surface area contributed by atoms with Crippen molar-refractivity contribution in [2.24, 2.45) is 0 Å². The van der Waals surface area contributed by atoms with Gasteiger partial charge in [0.25, 0.3) is 0 Å². The van der Waals surface area contributed by atoms with E-state index in [1.165, 1.54) is 21.7 Å². The molecule has 1 aliphatic rings. The molecule has 1 fully saturated rings. The van der Waals surface area contributed by atoms with Crippen LogP contribution in [-0.2, 0) is 4.79 Å². The Kier molecular flexibility index (Phi) is 5.46. The molecule has 1 amide bonds. The lowest BCUT2D eigenvalue weighted by Gasteiger charge is -2.36. The first-order chi connectivity index (χ1) is 11.6. The Bertz CT molecular complexity index is 708. The van der Waals surface area contributed by atoms with E-state index in [0.29, 0.717) is 5.75 Å². The Labute approximate surface area is 148 Å². The molecule has 24 heavy (non-hydrogen) atoms. The number of hydrogen-bond acceptors (Lipinski definition) is 3. The average Bonchev–Trinajstić information content (AvgIpc) is 2.61. The third-order valence-electron chi connectivity index (χ3n) is 4.53. The number of rotatable bonds is 4. The van der Waals surface area contributed by atoms with Crippen LogP contribution in [0.4, 0.5) is 5.69 Å². The van der Waals surface area contributed by atoms with Crippen LogP contribution in [0, 0.1) is 13.8 Å². The number of carbonyl (C=O) groups is 1. The number of benzene rings is 2. The third-order valence-corrected chi connectivity index (χ3v) is 5.69. The molecular weight excluding hydrogens is 316 g/mol. The summed E-state index contributed by atoms with van der Waals surface area (Å²) >= 11 is 1.64. The van der Waals surface area contributed by atoms with Gasteiger partial charge in [0.1, 0.15) is 0 Å². The second kappa shape index (κ2) is 7.75. The van der Waals surface area contributed by atoms with Gasteiger partial charge >= 0.3 is 0 Å². The second-order valence-electron chi connectivity index (χ2n) is 6.21. The Balaban J connectivity index is 1.52. The fraction of sp³-hybridized carbons (Fsp3) is 0.350. The van der Waals surface area contributed by atoms with E-state index in [2.05, 4.69) is 55.1 Å². The molecule has 2 aromatic rings. The Morgan fingerprint density at radius 3 is 2.21 bits per heavy atom. The largest absolute Gasteiger partial charge is 0.368 e. The summed E-state index contributed by atoms with van der Waals surface area (Å²) in [7, 11) is 0. The summed E-state index contributed by atoms with van der Waals surface area (Å²) in [5.74, 6) is 0.766. The molecule has 1 aliphatic heterocycles. The van der Waals surface area contributed by atoms with Crippen LogP contribution in [0.2, 0.25) is 0 Å². The SMILES string of the molecule is Cc1ccccc1SCC(=O)N1CCN(c2ccccc2C)CC1. The van der Waals surface area contributed by atoms with Gasteiger partial charge in [0, 0.05) is 36.8 Å². The van der Waals surface area contributed by atoms with Crippen molar-refractivity contribution in [2.45, 2.75) is 18.7 Å². The van der Waals surface area contributed by atoms with Crippen LogP contribution in [0.25, 0.3) is 0 Å². The van der Waals surface area contributed by atoms with Gasteiger partial charge in [-0.25, -0.2) is 0 Å². The van der Waals surface area contributed by atoms with E-state index in [0.717, 1.165) is 26.2 Å². The van der Waals surface area contributed by atoms with Crippen molar-refractivity contribution in [1.82, 2.24) is 4.90 Å². The lowest BCUT2D eigenvalue weighted by molar-refractivity contribution is -0.128. The highest BCUT2D eigenvalue weighted by Gasteiger charge is 2.22. The van der Waals surface area contributed by atoms with Crippen LogP contribution in [0.5, 0.6) is 0 Å². The van der Waals surface area contributed by atoms with Gasteiger partial charge in [0.15, 0.2) is 0 Å². The van der Waals surface area contributed by atoms with Crippen LogP contribution in [0.3, 0.4) is 0 Å². The second-order valence-corrected chi connectivity index (χ2v) is 7.23. The van der Waals surface area contributed by atoms with Crippen LogP contribution in [0.15, 0.2) is 53.4 Å². The fourth-order valence-corrected chi connectivity index (χ4v) is 4.00. The van der Waals surface area contributed by atoms with Gasteiger partial charge in [-0.1, -0.05) is 36.4 Å². The summed E-state index contributed by atoms with van der Waals surface area (Å²) in [5, 5.41) is 0.